The van der Waals surface area contributed by atoms with Crippen LogP contribution in [0, 0.1) is 24.2 Å². The van der Waals surface area contributed by atoms with E-state index >= 15 is 0 Å². The van der Waals surface area contributed by atoms with E-state index in [1.54, 1.807) is 6.08 Å². The molecule has 0 amide bonds. The van der Waals surface area contributed by atoms with E-state index in [9.17, 15) is 14.4 Å². The van der Waals surface area contributed by atoms with Gasteiger partial charge in [-0.3, -0.25) is 0 Å². The van der Waals surface area contributed by atoms with Crippen LogP contribution in [0.25, 0.3) is 17.2 Å². The zero-order chi connectivity index (χ0) is 25.2. The molecule has 1 aliphatic carbocycles. The quantitative estimate of drug-likeness (QED) is 0.210. The van der Waals surface area contributed by atoms with Crippen molar-refractivity contribution in [2.24, 2.45) is 5.92 Å². The first-order valence-corrected chi connectivity index (χ1v) is 12.0. The fraction of sp³-hybridized carbons (Fsp3) is 0.200. The first-order chi connectivity index (χ1) is 17.5. The van der Waals surface area contributed by atoms with Crippen LogP contribution in [0.15, 0.2) is 66.7 Å². The molecular formula is C30H26FN3O2. The van der Waals surface area contributed by atoms with Gasteiger partial charge in [0.2, 0.25) is 0 Å². The predicted molar refractivity (Wildman–Crippen MR) is 139 cm³/mol. The highest BCUT2D eigenvalue weighted by Gasteiger charge is 2.32. The van der Waals surface area contributed by atoms with Crippen molar-refractivity contribution < 1.29 is 14.3 Å². The SMILES string of the molecule is Cc1ccccc1/C(=C(\c1ccc(/C=C/C(=O)O)cc1)c1ccc2c(c1C#N)C(F)NN2)C1CCC1. The monoisotopic (exact) mass is 479 g/mol. The maximum Gasteiger partial charge on any atom is 0.328 e. The smallest absolute Gasteiger partial charge is 0.328 e. The number of aryl methyl sites for hydroxylation is 1. The molecule has 1 heterocycles. The number of carboxylic acid groups (broad SMARTS) is 1. The second-order valence-electron chi connectivity index (χ2n) is 9.22. The largest absolute Gasteiger partial charge is 0.478 e. The number of rotatable bonds is 6. The standard InChI is InChI=1S/C30H26FN3O2/c1-18-5-2-3-8-22(18)27(20-6-4-7-20)28(21-12-9-19(10-13-21)11-16-26(35)36)23-14-15-25-29(24(23)17-32)30(31)34-33-25/h2-3,5,8-16,20,30,33-34H,4,6-7H2,1H3,(H,35,36)/b16-11+,28-27+. The highest BCUT2D eigenvalue weighted by molar-refractivity contribution is 6.02. The van der Waals surface area contributed by atoms with Gasteiger partial charge in [-0.1, -0.05) is 61.0 Å². The summed E-state index contributed by atoms with van der Waals surface area (Å²) < 4.78 is 14.8. The summed E-state index contributed by atoms with van der Waals surface area (Å²) >= 11 is 0. The van der Waals surface area contributed by atoms with Crippen molar-refractivity contribution >= 4 is 28.9 Å². The molecule has 1 unspecified atom stereocenters. The van der Waals surface area contributed by atoms with Crippen molar-refractivity contribution in [3.63, 3.8) is 0 Å². The van der Waals surface area contributed by atoms with Crippen LogP contribution in [0.1, 0.15) is 64.5 Å². The number of carbonyl (C=O) groups is 1. The Balaban J connectivity index is 1.80. The van der Waals surface area contributed by atoms with Gasteiger partial charge in [-0.2, -0.15) is 5.26 Å². The van der Waals surface area contributed by atoms with Gasteiger partial charge in [0.1, 0.15) is 6.07 Å². The van der Waals surface area contributed by atoms with Gasteiger partial charge in [0.05, 0.1) is 11.3 Å². The van der Waals surface area contributed by atoms with Crippen LogP contribution in [-0.4, -0.2) is 11.1 Å². The Bertz CT molecular complexity index is 1430. The molecule has 36 heavy (non-hydrogen) atoms. The van der Waals surface area contributed by atoms with Gasteiger partial charge in [0, 0.05) is 17.2 Å². The van der Waals surface area contributed by atoms with Gasteiger partial charge < -0.3 is 10.5 Å². The Labute approximate surface area is 209 Å². The lowest BCUT2D eigenvalue weighted by Crippen LogP contribution is -2.16. The molecule has 3 aromatic carbocycles. The molecule has 0 bridgehead atoms. The molecule has 5 nitrogen and oxygen atoms in total. The number of nitrogens with one attached hydrogen (secondary N) is 2. The summed E-state index contributed by atoms with van der Waals surface area (Å²) in [4.78, 5) is 10.9. The number of hydrogen-bond donors (Lipinski definition) is 3. The summed E-state index contributed by atoms with van der Waals surface area (Å²) in [6.45, 7) is 2.09. The second-order valence-corrected chi connectivity index (χ2v) is 9.22. The van der Waals surface area contributed by atoms with E-state index < -0.39 is 12.3 Å². The molecule has 6 heteroatoms. The molecular weight excluding hydrogens is 453 g/mol. The van der Waals surface area contributed by atoms with Crippen LogP contribution in [0.2, 0.25) is 0 Å². The van der Waals surface area contributed by atoms with E-state index in [0.717, 1.165) is 53.2 Å². The van der Waals surface area contributed by atoms with Crippen molar-refractivity contribution in [3.05, 3.63) is 106 Å². The Morgan fingerprint density at radius 1 is 1.08 bits per heavy atom. The molecule has 180 valence electrons. The van der Waals surface area contributed by atoms with Crippen LogP contribution in [-0.2, 0) is 4.79 Å². The van der Waals surface area contributed by atoms with Crippen molar-refractivity contribution in [1.82, 2.24) is 5.43 Å². The topological polar surface area (TPSA) is 85.1 Å². The Morgan fingerprint density at radius 3 is 2.47 bits per heavy atom. The number of aliphatic carboxylic acids is 1. The third-order valence-corrected chi connectivity index (χ3v) is 7.05. The number of fused-ring (bicyclic) bond motifs is 1. The number of hydrogen-bond acceptors (Lipinski definition) is 4. The van der Waals surface area contributed by atoms with Gasteiger partial charge in [0.25, 0.3) is 0 Å². The number of alkyl halides is 1. The maximum absolute atomic E-state index is 14.8. The van der Waals surface area contributed by atoms with Crippen LogP contribution in [0.5, 0.6) is 0 Å². The van der Waals surface area contributed by atoms with Crippen LogP contribution < -0.4 is 10.9 Å². The molecule has 3 N–H and O–H groups in total. The lowest BCUT2D eigenvalue weighted by molar-refractivity contribution is -0.131. The normalized spacial score (nSPS) is 17.6. The Kier molecular flexibility index (Phi) is 6.41. The van der Waals surface area contributed by atoms with Gasteiger partial charge in [0.15, 0.2) is 6.30 Å². The molecule has 0 aromatic heterocycles. The second kappa shape index (κ2) is 9.80. The van der Waals surface area contributed by atoms with Gasteiger partial charge >= 0.3 is 5.97 Å². The number of anilines is 1. The van der Waals surface area contributed by atoms with Gasteiger partial charge in [-0.05, 0) is 71.2 Å². The number of halogens is 1. The van der Waals surface area contributed by atoms with E-state index in [1.165, 1.54) is 5.57 Å². The van der Waals surface area contributed by atoms with E-state index in [-0.39, 0.29) is 0 Å². The molecule has 1 fully saturated rings. The van der Waals surface area contributed by atoms with Crippen molar-refractivity contribution in [2.75, 3.05) is 5.43 Å². The first kappa shape index (κ1) is 23.5. The summed E-state index contributed by atoms with van der Waals surface area (Å²) in [5.74, 6) is -0.684. The number of nitriles is 1. The molecule has 5 rings (SSSR count). The maximum atomic E-state index is 14.8. The van der Waals surface area contributed by atoms with Crippen LogP contribution >= 0.6 is 0 Å². The molecule has 0 saturated heterocycles. The Morgan fingerprint density at radius 2 is 1.83 bits per heavy atom. The average Bonchev–Trinajstić information content (AvgIpc) is 3.23. The fourth-order valence-electron chi connectivity index (χ4n) is 5.05. The third-order valence-electron chi connectivity index (χ3n) is 7.05. The Hall–Kier alpha value is -4.21. The summed E-state index contributed by atoms with van der Waals surface area (Å²) in [7, 11) is 0. The van der Waals surface area contributed by atoms with Crippen molar-refractivity contribution in [1.29, 1.82) is 5.26 Å². The molecule has 1 aliphatic heterocycles. The lowest BCUT2D eigenvalue weighted by Gasteiger charge is -2.32. The van der Waals surface area contributed by atoms with E-state index in [0.29, 0.717) is 28.3 Å². The highest BCUT2D eigenvalue weighted by atomic mass is 19.1. The number of benzene rings is 3. The van der Waals surface area contributed by atoms with Crippen molar-refractivity contribution in [3.8, 4) is 6.07 Å². The minimum absolute atomic E-state index is 0.313. The zero-order valence-electron chi connectivity index (χ0n) is 19.9. The number of carboxylic acids is 1. The van der Waals surface area contributed by atoms with E-state index in [2.05, 4.69) is 36.0 Å². The highest BCUT2D eigenvalue weighted by Crippen LogP contribution is 2.47. The van der Waals surface area contributed by atoms with E-state index in [4.69, 9.17) is 5.11 Å². The molecule has 0 spiro atoms. The zero-order valence-corrected chi connectivity index (χ0v) is 19.9. The van der Waals surface area contributed by atoms with Crippen LogP contribution in [0.3, 0.4) is 0 Å². The third kappa shape index (κ3) is 4.30. The molecule has 1 atom stereocenters. The summed E-state index contributed by atoms with van der Waals surface area (Å²) in [5.41, 5.74) is 13.3. The van der Waals surface area contributed by atoms with Crippen LogP contribution in [0.4, 0.5) is 10.1 Å². The number of nitrogens with zero attached hydrogens (tertiary/aromatic N) is 1. The van der Waals surface area contributed by atoms with Gasteiger partial charge in [-0.25, -0.2) is 14.6 Å². The average molecular weight is 480 g/mol. The van der Waals surface area contributed by atoms with Crippen molar-refractivity contribution in [2.45, 2.75) is 32.5 Å². The lowest BCUT2D eigenvalue weighted by atomic mass is 9.71. The molecule has 3 aromatic rings. The molecule has 2 aliphatic rings. The van der Waals surface area contributed by atoms with E-state index in [1.807, 2.05) is 48.5 Å². The summed E-state index contributed by atoms with van der Waals surface area (Å²) in [6.07, 6.45) is 4.41. The van der Waals surface area contributed by atoms with Gasteiger partial charge in [-0.15, -0.1) is 0 Å². The molecule has 0 radical (unpaired) electrons. The minimum Gasteiger partial charge on any atom is -0.478 e. The number of allylic oxidation sites excluding steroid dienone is 1. The summed E-state index contributed by atoms with van der Waals surface area (Å²) in [6, 6.07) is 21.9. The number of hydrazine groups is 1. The minimum atomic E-state index is -1.48. The first-order valence-electron chi connectivity index (χ1n) is 12.0. The molecule has 1 saturated carbocycles. The summed E-state index contributed by atoms with van der Waals surface area (Å²) in [5, 5.41) is 19.2. The predicted octanol–water partition coefficient (Wildman–Crippen LogP) is 6.62. The fourth-order valence-corrected chi connectivity index (χ4v) is 5.05.